The van der Waals surface area contributed by atoms with Crippen LogP contribution in [-0.4, -0.2) is 13.7 Å². The van der Waals surface area contributed by atoms with Crippen LogP contribution >= 0.6 is 27.5 Å². The number of halogens is 2. The Morgan fingerprint density at radius 3 is 2.81 bits per heavy atom. The molecule has 2 aromatic carbocycles. The van der Waals surface area contributed by atoms with E-state index in [9.17, 15) is 0 Å². The number of benzene rings is 2. The van der Waals surface area contributed by atoms with E-state index in [0.29, 0.717) is 0 Å². The van der Waals surface area contributed by atoms with E-state index < -0.39 is 0 Å². The Hall–Kier alpha value is -1.03. The van der Waals surface area contributed by atoms with Gasteiger partial charge in [-0.25, -0.2) is 0 Å². The molecule has 1 aliphatic rings. The topological polar surface area (TPSA) is 21.3 Å². The summed E-state index contributed by atoms with van der Waals surface area (Å²) in [6, 6.07) is 10.4. The molecule has 0 spiro atoms. The lowest BCUT2D eigenvalue weighted by Gasteiger charge is -2.22. The van der Waals surface area contributed by atoms with Gasteiger partial charge in [0.05, 0.1) is 12.6 Å². The molecule has 21 heavy (non-hydrogen) atoms. The molecule has 4 heteroatoms. The SMILES string of the molecule is CNC(c1cc(C)ccc1Br)c1cc(Cl)cc2c1OCC2. The van der Waals surface area contributed by atoms with Crippen LogP contribution in [0.25, 0.3) is 0 Å². The average molecular weight is 367 g/mol. The third-order valence-corrected chi connectivity index (χ3v) is 4.78. The van der Waals surface area contributed by atoms with Crippen molar-refractivity contribution >= 4 is 27.5 Å². The molecule has 0 aromatic heterocycles. The van der Waals surface area contributed by atoms with Gasteiger partial charge >= 0.3 is 0 Å². The summed E-state index contributed by atoms with van der Waals surface area (Å²) in [4.78, 5) is 0. The van der Waals surface area contributed by atoms with Crippen molar-refractivity contribution in [1.29, 1.82) is 0 Å². The van der Waals surface area contributed by atoms with Crippen LogP contribution in [0.4, 0.5) is 0 Å². The van der Waals surface area contributed by atoms with Crippen molar-refractivity contribution in [1.82, 2.24) is 5.32 Å². The lowest BCUT2D eigenvalue weighted by atomic mass is 9.95. The van der Waals surface area contributed by atoms with Crippen LogP contribution < -0.4 is 10.1 Å². The van der Waals surface area contributed by atoms with Crippen LogP contribution in [-0.2, 0) is 6.42 Å². The Labute approximate surface area is 138 Å². The number of rotatable bonds is 3. The zero-order valence-corrected chi connectivity index (χ0v) is 14.4. The molecule has 0 aliphatic carbocycles. The molecule has 0 radical (unpaired) electrons. The maximum absolute atomic E-state index is 6.29. The van der Waals surface area contributed by atoms with Gasteiger partial charge in [-0.05, 0) is 43.3 Å². The van der Waals surface area contributed by atoms with Gasteiger partial charge in [-0.3, -0.25) is 0 Å². The molecular formula is C17H17BrClNO. The summed E-state index contributed by atoms with van der Waals surface area (Å²) in [5.74, 6) is 0.979. The minimum atomic E-state index is 0.0461. The normalized spacial score (nSPS) is 14.7. The molecule has 1 unspecified atom stereocenters. The second-order valence-corrected chi connectivity index (χ2v) is 6.62. The van der Waals surface area contributed by atoms with E-state index in [1.165, 1.54) is 16.7 Å². The van der Waals surface area contributed by atoms with Gasteiger partial charge in [0.15, 0.2) is 0 Å². The minimum absolute atomic E-state index is 0.0461. The van der Waals surface area contributed by atoms with E-state index in [2.05, 4.69) is 46.4 Å². The van der Waals surface area contributed by atoms with Crippen molar-refractivity contribution in [3.8, 4) is 5.75 Å². The van der Waals surface area contributed by atoms with Crippen molar-refractivity contribution in [2.45, 2.75) is 19.4 Å². The number of fused-ring (bicyclic) bond motifs is 1. The van der Waals surface area contributed by atoms with Crippen molar-refractivity contribution in [3.63, 3.8) is 0 Å². The molecule has 0 fully saturated rings. The molecule has 0 bridgehead atoms. The second kappa shape index (κ2) is 5.99. The van der Waals surface area contributed by atoms with Gasteiger partial charge in [0.25, 0.3) is 0 Å². The predicted octanol–water partition coefficient (Wildman–Crippen LogP) is 4.65. The molecule has 0 saturated heterocycles. The Kier molecular flexibility index (Phi) is 4.25. The fourth-order valence-corrected chi connectivity index (χ4v) is 3.60. The number of hydrogen-bond acceptors (Lipinski definition) is 2. The summed E-state index contributed by atoms with van der Waals surface area (Å²) in [6.45, 7) is 2.83. The van der Waals surface area contributed by atoms with Gasteiger partial charge in [0.2, 0.25) is 0 Å². The van der Waals surface area contributed by atoms with Gasteiger partial charge in [-0.15, -0.1) is 0 Å². The highest BCUT2D eigenvalue weighted by Gasteiger charge is 2.25. The molecule has 3 rings (SSSR count). The summed E-state index contributed by atoms with van der Waals surface area (Å²) in [6.07, 6.45) is 0.925. The molecular weight excluding hydrogens is 350 g/mol. The first-order valence-corrected chi connectivity index (χ1v) is 8.15. The molecule has 2 aromatic rings. The van der Waals surface area contributed by atoms with E-state index in [4.69, 9.17) is 16.3 Å². The summed E-state index contributed by atoms with van der Waals surface area (Å²) < 4.78 is 6.93. The predicted molar refractivity (Wildman–Crippen MR) is 90.4 cm³/mol. The summed E-state index contributed by atoms with van der Waals surface area (Å²) in [7, 11) is 1.96. The number of nitrogens with one attached hydrogen (secondary N) is 1. The van der Waals surface area contributed by atoms with Gasteiger partial charge < -0.3 is 10.1 Å². The van der Waals surface area contributed by atoms with Crippen LogP contribution in [0.2, 0.25) is 5.02 Å². The highest BCUT2D eigenvalue weighted by molar-refractivity contribution is 9.10. The monoisotopic (exact) mass is 365 g/mol. The van der Waals surface area contributed by atoms with Crippen molar-refractivity contribution in [2.24, 2.45) is 0 Å². The standard InChI is InChI=1S/C17H17BrClNO/c1-10-3-4-15(18)13(7-10)16(20-2)14-9-12(19)8-11-5-6-21-17(11)14/h3-4,7-9,16,20H,5-6H2,1-2H3. The first kappa shape index (κ1) is 14.9. The van der Waals surface area contributed by atoms with Gasteiger partial charge in [0.1, 0.15) is 5.75 Å². The van der Waals surface area contributed by atoms with Crippen LogP contribution in [0, 0.1) is 6.92 Å². The van der Waals surface area contributed by atoms with E-state index in [1.54, 1.807) is 0 Å². The summed E-state index contributed by atoms with van der Waals surface area (Å²) in [5, 5.41) is 4.15. The lowest BCUT2D eigenvalue weighted by molar-refractivity contribution is 0.351. The molecule has 1 atom stereocenters. The maximum Gasteiger partial charge on any atom is 0.127 e. The van der Waals surface area contributed by atoms with Gasteiger partial charge in [-0.2, -0.15) is 0 Å². The van der Waals surface area contributed by atoms with Crippen LogP contribution in [0.5, 0.6) is 5.75 Å². The first-order valence-electron chi connectivity index (χ1n) is 6.98. The number of ether oxygens (including phenoxy) is 1. The van der Waals surface area contributed by atoms with E-state index >= 15 is 0 Å². The fraction of sp³-hybridized carbons (Fsp3) is 0.294. The third kappa shape index (κ3) is 2.83. The lowest BCUT2D eigenvalue weighted by Crippen LogP contribution is -2.19. The van der Waals surface area contributed by atoms with E-state index in [-0.39, 0.29) is 6.04 Å². The Morgan fingerprint density at radius 2 is 2.05 bits per heavy atom. The first-order chi connectivity index (χ1) is 10.1. The molecule has 1 N–H and O–H groups in total. The van der Waals surface area contributed by atoms with Crippen molar-refractivity contribution < 1.29 is 4.74 Å². The average Bonchev–Trinajstić information content (AvgIpc) is 2.91. The highest BCUT2D eigenvalue weighted by Crippen LogP contribution is 2.40. The van der Waals surface area contributed by atoms with E-state index in [1.807, 2.05) is 19.2 Å². The molecule has 110 valence electrons. The highest BCUT2D eigenvalue weighted by atomic mass is 79.9. The van der Waals surface area contributed by atoms with Crippen LogP contribution in [0.15, 0.2) is 34.8 Å². The van der Waals surface area contributed by atoms with Crippen molar-refractivity contribution in [3.05, 3.63) is 62.1 Å². The van der Waals surface area contributed by atoms with E-state index in [0.717, 1.165) is 33.8 Å². The van der Waals surface area contributed by atoms with Crippen LogP contribution in [0.3, 0.4) is 0 Å². The largest absolute Gasteiger partial charge is 0.493 e. The molecule has 1 aliphatic heterocycles. The molecule has 0 amide bonds. The fourth-order valence-electron chi connectivity index (χ4n) is 2.88. The molecule has 2 nitrogen and oxygen atoms in total. The van der Waals surface area contributed by atoms with Gasteiger partial charge in [0, 0.05) is 21.5 Å². The number of hydrogen-bond donors (Lipinski definition) is 1. The molecule has 0 saturated carbocycles. The Bertz CT molecular complexity index is 687. The minimum Gasteiger partial charge on any atom is -0.493 e. The van der Waals surface area contributed by atoms with Gasteiger partial charge in [-0.1, -0.05) is 45.2 Å². The second-order valence-electron chi connectivity index (χ2n) is 5.33. The Morgan fingerprint density at radius 1 is 1.24 bits per heavy atom. The summed E-state index contributed by atoms with van der Waals surface area (Å²) in [5.41, 5.74) is 4.72. The quantitative estimate of drug-likeness (QED) is 0.853. The van der Waals surface area contributed by atoms with Crippen molar-refractivity contribution in [2.75, 3.05) is 13.7 Å². The zero-order chi connectivity index (χ0) is 15.0. The number of aryl methyl sites for hydroxylation is 1. The Balaban J connectivity index is 2.15. The molecule has 1 heterocycles. The van der Waals surface area contributed by atoms with Crippen LogP contribution in [0.1, 0.15) is 28.3 Å². The third-order valence-electron chi connectivity index (χ3n) is 3.84. The maximum atomic E-state index is 6.29. The smallest absolute Gasteiger partial charge is 0.127 e. The summed E-state index contributed by atoms with van der Waals surface area (Å²) >= 11 is 9.95. The zero-order valence-electron chi connectivity index (χ0n) is 12.0.